The molecule has 1 rings (SSSR count). The molecular weight excluding hydrogens is 242 g/mol. The van der Waals surface area contributed by atoms with Gasteiger partial charge in [0.05, 0.1) is 13.7 Å². The summed E-state index contributed by atoms with van der Waals surface area (Å²) in [6.45, 7) is 6.53. The van der Waals surface area contributed by atoms with E-state index in [1.54, 1.807) is 7.11 Å². The van der Waals surface area contributed by atoms with Crippen LogP contribution in [0.15, 0.2) is 18.2 Å². The molecule has 4 heteroatoms. The van der Waals surface area contributed by atoms with Crippen molar-refractivity contribution in [1.29, 1.82) is 0 Å². The quantitative estimate of drug-likeness (QED) is 0.674. The van der Waals surface area contributed by atoms with Crippen LogP contribution in [0.4, 0.5) is 0 Å². The molecule has 19 heavy (non-hydrogen) atoms. The summed E-state index contributed by atoms with van der Waals surface area (Å²) >= 11 is 0. The fraction of sp³-hybridized carbons (Fsp3) is 0.600. The van der Waals surface area contributed by atoms with Gasteiger partial charge in [0.25, 0.3) is 0 Å². The zero-order chi connectivity index (χ0) is 14.1. The number of benzene rings is 1. The Morgan fingerprint density at radius 2 is 2.11 bits per heavy atom. The number of aliphatic hydroxyl groups is 1. The minimum atomic E-state index is 0.117. The maximum atomic E-state index is 9.02. The Morgan fingerprint density at radius 1 is 1.32 bits per heavy atom. The van der Waals surface area contributed by atoms with E-state index in [9.17, 15) is 0 Å². The molecule has 1 aromatic rings. The standard InChI is InChI=1S/C15H25NO3/c1-4-7-16-9-13-5-6-14(18-3)15(8-13)19-11-12(2)10-17/h5-6,8,12,16-17H,4,7,9-11H2,1-3H3. The number of hydrogen-bond acceptors (Lipinski definition) is 4. The van der Waals surface area contributed by atoms with Crippen LogP contribution in [-0.2, 0) is 6.54 Å². The van der Waals surface area contributed by atoms with Gasteiger partial charge in [-0.05, 0) is 30.7 Å². The summed E-state index contributed by atoms with van der Waals surface area (Å²) in [6, 6.07) is 5.94. The van der Waals surface area contributed by atoms with Crippen molar-refractivity contribution >= 4 is 0 Å². The molecule has 1 aromatic carbocycles. The fourth-order valence-electron chi connectivity index (χ4n) is 1.64. The first-order chi connectivity index (χ1) is 9.21. The van der Waals surface area contributed by atoms with Crippen molar-refractivity contribution in [3.8, 4) is 11.5 Å². The van der Waals surface area contributed by atoms with Crippen LogP contribution in [0, 0.1) is 5.92 Å². The minimum absolute atomic E-state index is 0.117. The van der Waals surface area contributed by atoms with Gasteiger partial charge < -0.3 is 19.9 Å². The van der Waals surface area contributed by atoms with Gasteiger partial charge in [-0.3, -0.25) is 0 Å². The Balaban J connectivity index is 2.66. The first kappa shape index (κ1) is 15.8. The summed E-state index contributed by atoms with van der Waals surface area (Å²) < 4.78 is 11.0. The van der Waals surface area contributed by atoms with E-state index < -0.39 is 0 Å². The van der Waals surface area contributed by atoms with Crippen molar-refractivity contribution in [2.75, 3.05) is 26.9 Å². The van der Waals surface area contributed by atoms with Gasteiger partial charge in [0.1, 0.15) is 0 Å². The summed E-state index contributed by atoms with van der Waals surface area (Å²) in [7, 11) is 1.63. The van der Waals surface area contributed by atoms with Crippen LogP contribution < -0.4 is 14.8 Å². The number of ether oxygens (including phenoxy) is 2. The highest BCUT2D eigenvalue weighted by Gasteiger charge is 2.08. The maximum absolute atomic E-state index is 9.02. The van der Waals surface area contributed by atoms with E-state index in [0.717, 1.165) is 31.0 Å². The lowest BCUT2D eigenvalue weighted by atomic mass is 10.2. The summed E-state index contributed by atoms with van der Waals surface area (Å²) in [5, 5.41) is 12.4. The molecule has 0 aliphatic heterocycles. The molecule has 108 valence electrons. The number of hydrogen-bond donors (Lipinski definition) is 2. The summed E-state index contributed by atoms with van der Waals surface area (Å²) in [5.74, 6) is 1.58. The Kier molecular flexibility index (Phi) is 7.30. The van der Waals surface area contributed by atoms with E-state index >= 15 is 0 Å². The van der Waals surface area contributed by atoms with Gasteiger partial charge in [-0.15, -0.1) is 0 Å². The summed E-state index contributed by atoms with van der Waals surface area (Å²) in [4.78, 5) is 0. The van der Waals surface area contributed by atoms with Crippen molar-refractivity contribution in [2.45, 2.75) is 26.8 Å². The van der Waals surface area contributed by atoms with Gasteiger partial charge in [0, 0.05) is 19.1 Å². The third kappa shape index (κ3) is 5.49. The van der Waals surface area contributed by atoms with E-state index in [0.29, 0.717) is 6.61 Å². The van der Waals surface area contributed by atoms with Crippen molar-refractivity contribution in [1.82, 2.24) is 5.32 Å². The molecule has 2 N–H and O–H groups in total. The monoisotopic (exact) mass is 267 g/mol. The second-order valence-electron chi connectivity index (χ2n) is 4.76. The van der Waals surface area contributed by atoms with Crippen LogP contribution in [0.25, 0.3) is 0 Å². The molecule has 0 bridgehead atoms. The second-order valence-corrected chi connectivity index (χ2v) is 4.76. The SMILES string of the molecule is CCCNCc1ccc(OC)c(OCC(C)CO)c1. The second kappa shape index (κ2) is 8.77. The molecule has 0 saturated heterocycles. The molecule has 0 radical (unpaired) electrons. The molecule has 4 nitrogen and oxygen atoms in total. The van der Waals surface area contributed by atoms with Gasteiger partial charge in [-0.25, -0.2) is 0 Å². The lowest BCUT2D eigenvalue weighted by Gasteiger charge is -2.15. The summed E-state index contributed by atoms with van der Waals surface area (Å²) in [6.07, 6.45) is 1.12. The Morgan fingerprint density at radius 3 is 2.74 bits per heavy atom. The third-order valence-corrected chi connectivity index (χ3v) is 2.82. The van der Waals surface area contributed by atoms with Crippen LogP contribution in [0.1, 0.15) is 25.8 Å². The average Bonchev–Trinajstić information content (AvgIpc) is 2.45. The lowest BCUT2D eigenvalue weighted by molar-refractivity contribution is 0.171. The van der Waals surface area contributed by atoms with Gasteiger partial charge in [0.2, 0.25) is 0 Å². The molecule has 0 heterocycles. The predicted molar refractivity (Wildman–Crippen MR) is 76.7 cm³/mol. The maximum Gasteiger partial charge on any atom is 0.161 e. The average molecular weight is 267 g/mol. The van der Waals surface area contributed by atoms with Gasteiger partial charge in [-0.2, -0.15) is 0 Å². The van der Waals surface area contributed by atoms with Crippen molar-refractivity contribution in [3.63, 3.8) is 0 Å². The van der Waals surface area contributed by atoms with E-state index in [2.05, 4.69) is 12.2 Å². The molecule has 0 amide bonds. The Labute approximate surface area is 115 Å². The molecule has 0 spiro atoms. The van der Waals surface area contributed by atoms with E-state index in [4.69, 9.17) is 14.6 Å². The van der Waals surface area contributed by atoms with Crippen LogP contribution in [0.3, 0.4) is 0 Å². The smallest absolute Gasteiger partial charge is 0.161 e. The number of methoxy groups -OCH3 is 1. The van der Waals surface area contributed by atoms with Crippen LogP contribution in [0.2, 0.25) is 0 Å². The number of rotatable bonds is 9. The molecule has 1 unspecified atom stereocenters. The highest BCUT2D eigenvalue weighted by atomic mass is 16.5. The molecule has 0 aliphatic carbocycles. The van der Waals surface area contributed by atoms with Crippen LogP contribution in [-0.4, -0.2) is 32.0 Å². The highest BCUT2D eigenvalue weighted by Crippen LogP contribution is 2.28. The zero-order valence-electron chi connectivity index (χ0n) is 12.1. The van der Waals surface area contributed by atoms with Crippen LogP contribution >= 0.6 is 0 Å². The normalized spacial score (nSPS) is 12.2. The predicted octanol–water partition coefficient (Wildman–Crippen LogP) is 2.20. The topological polar surface area (TPSA) is 50.7 Å². The van der Waals surface area contributed by atoms with Gasteiger partial charge in [0.15, 0.2) is 11.5 Å². The highest BCUT2D eigenvalue weighted by molar-refractivity contribution is 5.42. The Hall–Kier alpha value is -1.26. The fourth-order valence-corrected chi connectivity index (χ4v) is 1.64. The third-order valence-electron chi connectivity index (χ3n) is 2.82. The number of nitrogens with one attached hydrogen (secondary N) is 1. The van der Waals surface area contributed by atoms with Gasteiger partial charge in [-0.1, -0.05) is 19.9 Å². The van der Waals surface area contributed by atoms with Crippen molar-refractivity contribution in [2.24, 2.45) is 5.92 Å². The Bertz CT molecular complexity index is 368. The number of aliphatic hydroxyl groups excluding tert-OH is 1. The first-order valence-electron chi connectivity index (χ1n) is 6.82. The molecule has 0 fully saturated rings. The van der Waals surface area contributed by atoms with Gasteiger partial charge >= 0.3 is 0 Å². The molecule has 0 aromatic heterocycles. The van der Waals surface area contributed by atoms with Crippen molar-refractivity contribution < 1.29 is 14.6 Å². The van der Waals surface area contributed by atoms with E-state index in [-0.39, 0.29) is 12.5 Å². The molecule has 1 atom stereocenters. The first-order valence-corrected chi connectivity index (χ1v) is 6.82. The van der Waals surface area contributed by atoms with E-state index in [1.165, 1.54) is 5.56 Å². The molecular formula is C15H25NO3. The lowest BCUT2D eigenvalue weighted by Crippen LogP contribution is -2.15. The van der Waals surface area contributed by atoms with E-state index in [1.807, 2.05) is 25.1 Å². The van der Waals surface area contributed by atoms with Crippen molar-refractivity contribution in [3.05, 3.63) is 23.8 Å². The zero-order valence-corrected chi connectivity index (χ0v) is 12.1. The van der Waals surface area contributed by atoms with Crippen LogP contribution in [0.5, 0.6) is 11.5 Å². The molecule has 0 saturated carbocycles. The molecule has 0 aliphatic rings. The summed E-state index contributed by atoms with van der Waals surface area (Å²) in [5.41, 5.74) is 1.17. The minimum Gasteiger partial charge on any atom is -0.493 e. The largest absolute Gasteiger partial charge is 0.493 e.